The van der Waals surface area contributed by atoms with Crippen molar-refractivity contribution < 1.29 is 0 Å². The van der Waals surface area contributed by atoms with E-state index in [-0.39, 0.29) is 0 Å². The number of rotatable bonds is 6. The molecule has 0 radical (unpaired) electrons. The van der Waals surface area contributed by atoms with Crippen LogP contribution in [0.25, 0.3) is 11.3 Å². The minimum atomic E-state index is 0.315. The predicted octanol–water partition coefficient (Wildman–Crippen LogP) is 5.71. The first-order valence-corrected chi connectivity index (χ1v) is 12.0. The van der Waals surface area contributed by atoms with Gasteiger partial charge >= 0.3 is 0 Å². The predicted molar refractivity (Wildman–Crippen MR) is 124 cm³/mol. The van der Waals surface area contributed by atoms with Crippen LogP contribution in [0.4, 0.5) is 0 Å². The van der Waals surface area contributed by atoms with Crippen LogP contribution in [-0.4, -0.2) is 20.5 Å². The summed E-state index contributed by atoms with van der Waals surface area (Å²) in [6, 6.07) is 18.4. The molecule has 4 aliphatic rings. The van der Waals surface area contributed by atoms with Gasteiger partial charge in [0, 0.05) is 22.7 Å². The highest BCUT2D eigenvalue weighted by atomic mass is 35.5. The van der Waals surface area contributed by atoms with Gasteiger partial charge in [0.15, 0.2) is 0 Å². The van der Waals surface area contributed by atoms with Crippen LogP contribution in [0, 0.1) is 17.8 Å². The van der Waals surface area contributed by atoms with Crippen molar-refractivity contribution in [3.05, 3.63) is 70.9 Å². The minimum absolute atomic E-state index is 0.315. The van der Waals surface area contributed by atoms with Crippen molar-refractivity contribution in [3.63, 3.8) is 0 Å². The Morgan fingerprint density at radius 3 is 2.19 bits per heavy atom. The van der Waals surface area contributed by atoms with Crippen LogP contribution in [0.3, 0.4) is 0 Å². The Morgan fingerprint density at radius 2 is 1.52 bits per heavy atom. The molecule has 4 saturated carbocycles. The Bertz CT molecular complexity index is 1040. The first-order valence-electron chi connectivity index (χ1n) is 11.6. The largest absolute Gasteiger partial charge is 0.305 e. The Labute approximate surface area is 189 Å². The topological polar surface area (TPSA) is 42.7 Å². The molecule has 31 heavy (non-hydrogen) atoms. The molecule has 1 N–H and O–H groups in total. The summed E-state index contributed by atoms with van der Waals surface area (Å²) in [5.74, 6) is 2.80. The monoisotopic (exact) mass is 432 g/mol. The van der Waals surface area contributed by atoms with Crippen molar-refractivity contribution in [1.82, 2.24) is 20.3 Å². The van der Waals surface area contributed by atoms with E-state index in [0.29, 0.717) is 12.1 Å². The van der Waals surface area contributed by atoms with Crippen molar-refractivity contribution in [2.75, 3.05) is 0 Å². The Morgan fingerprint density at radius 1 is 0.871 bits per heavy atom. The van der Waals surface area contributed by atoms with E-state index in [1.807, 2.05) is 30.3 Å². The number of nitrogens with one attached hydrogen (secondary N) is 1. The van der Waals surface area contributed by atoms with E-state index in [0.717, 1.165) is 51.8 Å². The lowest BCUT2D eigenvalue weighted by molar-refractivity contribution is -0.0207. The second-order valence-corrected chi connectivity index (χ2v) is 10.4. The maximum atomic E-state index is 6.39. The summed E-state index contributed by atoms with van der Waals surface area (Å²) in [4.78, 5) is 1.81. The average Bonchev–Trinajstić information content (AvgIpc) is 3.17. The summed E-state index contributed by atoms with van der Waals surface area (Å²) in [7, 11) is 0. The molecule has 0 amide bonds. The molecule has 2 aromatic carbocycles. The van der Waals surface area contributed by atoms with Gasteiger partial charge in [-0.2, -0.15) is 15.0 Å². The molecule has 5 heteroatoms. The van der Waals surface area contributed by atoms with E-state index < -0.39 is 0 Å². The zero-order valence-electron chi connectivity index (χ0n) is 17.8. The van der Waals surface area contributed by atoms with E-state index >= 15 is 0 Å². The molecule has 0 aliphatic heterocycles. The number of benzene rings is 2. The van der Waals surface area contributed by atoms with Crippen LogP contribution in [0.2, 0.25) is 5.02 Å². The van der Waals surface area contributed by atoms with Gasteiger partial charge in [-0.1, -0.05) is 60.1 Å². The van der Waals surface area contributed by atoms with E-state index in [4.69, 9.17) is 21.8 Å². The smallest absolute Gasteiger partial charge is 0.117 e. The molecular formula is C26H29ClN4. The van der Waals surface area contributed by atoms with Gasteiger partial charge in [0.05, 0.1) is 6.54 Å². The van der Waals surface area contributed by atoms with Gasteiger partial charge in [-0.05, 0) is 67.9 Å². The van der Waals surface area contributed by atoms with Gasteiger partial charge < -0.3 is 5.32 Å². The summed E-state index contributed by atoms with van der Waals surface area (Å²) in [5, 5.41) is 14.6. The Hall–Kier alpha value is -2.17. The number of nitrogens with zero attached hydrogens (tertiary/aromatic N) is 3. The summed E-state index contributed by atoms with van der Waals surface area (Å²) in [5.41, 5.74) is 4.49. The van der Waals surface area contributed by atoms with Crippen LogP contribution >= 0.6 is 11.6 Å². The van der Waals surface area contributed by atoms with Crippen LogP contribution in [-0.2, 0) is 13.1 Å². The summed E-state index contributed by atoms with van der Waals surface area (Å²) < 4.78 is 0. The Balaban J connectivity index is 1.28. The van der Waals surface area contributed by atoms with E-state index in [2.05, 4.69) is 29.6 Å². The van der Waals surface area contributed by atoms with E-state index in [9.17, 15) is 0 Å². The highest BCUT2D eigenvalue weighted by Crippen LogP contribution is 2.55. The second kappa shape index (κ2) is 7.75. The molecule has 0 saturated heterocycles. The number of hydrogen-bond donors (Lipinski definition) is 1. The lowest BCUT2D eigenvalue weighted by Gasteiger charge is -2.57. The number of hydrogen-bond acceptors (Lipinski definition) is 3. The molecule has 4 fully saturated rings. The second-order valence-electron chi connectivity index (χ2n) is 10.0. The third-order valence-electron chi connectivity index (χ3n) is 7.71. The molecule has 1 heterocycles. The van der Waals surface area contributed by atoms with Crippen molar-refractivity contribution in [2.24, 2.45) is 17.8 Å². The van der Waals surface area contributed by atoms with Gasteiger partial charge in [-0.25, -0.2) is 0 Å². The molecule has 4 aliphatic carbocycles. The van der Waals surface area contributed by atoms with Gasteiger partial charge in [0.2, 0.25) is 0 Å². The van der Waals surface area contributed by atoms with E-state index in [1.165, 1.54) is 38.5 Å². The number of aromatic nitrogens is 3. The maximum Gasteiger partial charge on any atom is 0.117 e. The summed E-state index contributed by atoms with van der Waals surface area (Å²) >= 11 is 6.39. The molecule has 1 aromatic heterocycles. The zero-order chi connectivity index (χ0) is 20.8. The lowest BCUT2D eigenvalue weighted by atomic mass is 9.53. The molecule has 3 aromatic rings. The quantitative estimate of drug-likeness (QED) is 0.542. The van der Waals surface area contributed by atoms with Crippen LogP contribution in [0.1, 0.15) is 49.8 Å². The van der Waals surface area contributed by atoms with Crippen molar-refractivity contribution in [1.29, 1.82) is 0 Å². The fraction of sp³-hybridized carbons (Fsp3) is 0.462. The van der Waals surface area contributed by atoms with Gasteiger partial charge in [-0.15, -0.1) is 0 Å². The van der Waals surface area contributed by atoms with Crippen molar-refractivity contribution >= 4 is 11.6 Å². The van der Waals surface area contributed by atoms with Crippen molar-refractivity contribution in [3.8, 4) is 11.3 Å². The summed E-state index contributed by atoms with van der Waals surface area (Å²) in [6.45, 7) is 1.36. The molecule has 0 atom stereocenters. The molecule has 0 unspecified atom stereocenters. The Kier molecular flexibility index (Phi) is 4.88. The van der Waals surface area contributed by atoms with Crippen LogP contribution in [0.5, 0.6) is 0 Å². The first kappa shape index (κ1) is 19.5. The summed E-state index contributed by atoms with van der Waals surface area (Å²) in [6.07, 6.45) is 8.41. The number of halogens is 1. The minimum Gasteiger partial charge on any atom is -0.305 e. The van der Waals surface area contributed by atoms with Crippen LogP contribution in [0.15, 0.2) is 54.6 Å². The molecule has 160 valence electrons. The van der Waals surface area contributed by atoms with E-state index in [1.54, 1.807) is 4.80 Å². The lowest BCUT2D eigenvalue weighted by Crippen LogP contribution is -2.58. The maximum absolute atomic E-state index is 6.39. The molecule has 4 nitrogen and oxygen atoms in total. The normalized spacial score (nSPS) is 28.9. The fourth-order valence-electron chi connectivity index (χ4n) is 6.77. The SMILES string of the molecule is Clc1ccccc1Cn1nc(CNC23CC4CC(CC(C4)C2)C3)c(-c2ccccc2)n1. The zero-order valence-corrected chi connectivity index (χ0v) is 18.6. The third-order valence-corrected chi connectivity index (χ3v) is 8.08. The fourth-order valence-corrected chi connectivity index (χ4v) is 6.97. The highest BCUT2D eigenvalue weighted by Gasteiger charge is 2.50. The third kappa shape index (κ3) is 3.81. The highest BCUT2D eigenvalue weighted by molar-refractivity contribution is 6.31. The first-order chi connectivity index (χ1) is 15.2. The van der Waals surface area contributed by atoms with Gasteiger partial charge in [0.1, 0.15) is 11.4 Å². The standard InChI is InChI=1S/C26H29ClN4/c27-23-9-5-4-8-22(23)17-31-29-24(25(30-31)21-6-2-1-3-7-21)16-28-26-13-18-10-19(14-26)12-20(11-18)15-26/h1-9,18-20,28H,10-17H2. The average molecular weight is 433 g/mol. The van der Waals surface area contributed by atoms with Crippen LogP contribution < -0.4 is 5.32 Å². The molecule has 7 rings (SSSR count). The van der Waals surface area contributed by atoms with Gasteiger partial charge in [0.25, 0.3) is 0 Å². The molecule has 0 spiro atoms. The molecular weight excluding hydrogens is 404 g/mol. The van der Waals surface area contributed by atoms with Crippen molar-refractivity contribution in [2.45, 2.75) is 57.2 Å². The molecule has 4 bridgehead atoms. The van der Waals surface area contributed by atoms with Gasteiger partial charge in [-0.3, -0.25) is 0 Å².